The third-order valence-corrected chi connectivity index (χ3v) is 4.14. The van der Waals surface area contributed by atoms with Crippen LogP contribution in [0.15, 0.2) is 72.8 Å². The molecule has 0 fully saturated rings. The smallest absolute Gasteiger partial charge is 0.259 e. The highest BCUT2D eigenvalue weighted by Gasteiger charge is 2.14. The minimum atomic E-state index is -0.250. The van der Waals surface area contributed by atoms with Crippen molar-refractivity contribution in [1.82, 2.24) is 0 Å². The van der Waals surface area contributed by atoms with Gasteiger partial charge < -0.3 is 10.1 Å². The van der Waals surface area contributed by atoms with Gasteiger partial charge in [0.1, 0.15) is 5.75 Å². The number of rotatable bonds is 5. The number of carbonyl (C=O) groups excluding carboxylic acids is 1. The third kappa shape index (κ3) is 4.20. The number of hydrogen-bond acceptors (Lipinski definition) is 2. The summed E-state index contributed by atoms with van der Waals surface area (Å²) in [6.07, 6.45) is 0.740. The van der Waals surface area contributed by atoms with Gasteiger partial charge in [-0.2, -0.15) is 0 Å². The lowest BCUT2D eigenvalue weighted by molar-refractivity contribution is 0.102. The van der Waals surface area contributed by atoms with E-state index < -0.39 is 0 Å². The second kappa shape index (κ2) is 7.86. The summed E-state index contributed by atoms with van der Waals surface area (Å²) in [5.74, 6) is 0.238. The molecule has 4 heteroatoms. The largest absolute Gasteiger partial charge is 0.496 e. The maximum absolute atomic E-state index is 12.7. The van der Waals surface area contributed by atoms with Crippen LogP contribution in [-0.4, -0.2) is 13.0 Å². The number of ether oxygens (including phenoxy) is 1. The van der Waals surface area contributed by atoms with Crippen molar-refractivity contribution >= 4 is 23.2 Å². The molecular formula is C21H18ClNO2. The van der Waals surface area contributed by atoms with E-state index >= 15 is 0 Å². The van der Waals surface area contributed by atoms with E-state index in [4.69, 9.17) is 16.3 Å². The molecule has 3 aromatic carbocycles. The zero-order valence-corrected chi connectivity index (χ0v) is 14.6. The van der Waals surface area contributed by atoms with Crippen molar-refractivity contribution in [3.05, 3.63) is 94.5 Å². The number of nitrogens with one attached hydrogen (secondary N) is 1. The van der Waals surface area contributed by atoms with Gasteiger partial charge in [-0.05, 0) is 41.8 Å². The fourth-order valence-corrected chi connectivity index (χ4v) is 2.83. The van der Waals surface area contributed by atoms with E-state index in [-0.39, 0.29) is 5.91 Å². The number of anilines is 1. The van der Waals surface area contributed by atoms with E-state index in [1.165, 1.54) is 12.7 Å². The highest BCUT2D eigenvalue weighted by molar-refractivity contribution is 6.31. The highest BCUT2D eigenvalue weighted by Crippen LogP contribution is 2.25. The number of hydrogen-bond donors (Lipinski definition) is 1. The maximum atomic E-state index is 12.7. The van der Waals surface area contributed by atoms with Crippen LogP contribution in [0.5, 0.6) is 5.75 Å². The van der Waals surface area contributed by atoms with Crippen LogP contribution in [0, 0.1) is 0 Å². The Bertz CT molecular complexity index is 878. The van der Waals surface area contributed by atoms with Crippen molar-refractivity contribution in [3.8, 4) is 5.75 Å². The summed E-state index contributed by atoms with van der Waals surface area (Å²) in [5.41, 5.74) is 3.41. The summed E-state index contributed by atoms with van der Waals surface area (Å²) in [5, 5.41) is 3.46. The number of carbonyl (C=O) groups is 1. The zero-order valence-electron chi connectivity index (χ0n) is 13.8. The predicted octanol–water partition coefficient (Wildman–Crippen LogP) is 5.19. The first-order valence-electron chi connectivity index (χ1n) is 7.94. The molecule has 3 nitrogen and oxygen atoms in total. The van der Waals surface area contributed by atoms with Crippen LogP contribution >= 0.6 is 11.6 Å². The normalized spacial score (nSPS) is 10.3. The summed E-state index contributed by atoms with van der Waals surface area (Å²) >= 11 is 6.02. The van der Waals surface area contributed by atoms with Crippen LogP contribution in [0.3, 0.4) is 0 Å². The molecule has 0 aliphatic heterocycles. The zero-order chi connectivity index (χ0) is 17.6. The van der Waals surface area contributed by atoms with Crippen LogP contribution in [0.25, 0.3) is 0 Å². The average molecular weight is 352 g/mol. The van der Waals surface area contributed by atoms with Crippen molar-refractivity contribution in [3.63, 3.8) is 0 Å². The van der Waals surface area contributed by atoms with Gasteiger partial charge in [0.15, 0.2) is 0 Å². The standard InChI is InChI=1S/C21H18ClNO2/c1-25-20-12-11-17(22)14-18(20)21(24)23-19-10-6-5-9-16(19)13-15-7-3-2-4-8-15/h2-12,14H,13H2,1H3,(H,23,24). The molecular weight excluding hydrogens is 334 g/mol. The molecule has 0 radical (unpaired) electrons. The Morgan fingerprint density at radius 3 is 2.48 bits per heavy atom. The molecule has 0 unspecified atom stereocenters. The molecule has 0 spiro atoms. The lowest BCUT2D eigenvalue weighted by Gasteiger charge is -2.13. The van der Waals surface area contributed by atoms with E-state index in [1.807, 2.05) is 42.5 Å². The summed E-state index contributed by atoms with van der Waals surface area (Å²) in [4.78, 5) is 12.7. The van der Waals surface area contributed by atoms with E-state index in [1.54, 1.807) is 18.2 Å². The first kappa shape index (κ1) is 17.1. The van der Waals surface area contributed by atoms with Gasteiger partial charge in [0.25, 0.3) is 5.91 Å². The van der Waals surface area contributed by atoms with Crippen LogP contribution in [0.2, 0.25) is 5.02 Å². The van der Waals surface area contributed by atoms with Crippen LogP contribution in [-0.2, 0) is 6.42 Å². The van der Waals surface area contributed by atoms with E-state index in [2.05, 4.69) is 17.4 Å². The Labute approximate surface area is 152 Å². The molecule has 3 rings (SSSR count). The lowest BCUT2D eigenvalue weighted by atomic mass is 10.0. The third-order valence-electron chi connectivity index (χ3n) is 3.91. The Morgan fingerprint density at radius 2 is 1.72 bits per heavy atom. The van der Waals surface area contributed by atoms with Crippen molar-refractivity contribution in [2.75, 3.05) is 12.4 Å². The van der Waals surface area contributed by atoms with Gasteiger partial charge in [0, 0.05) is 10.7 Å². The van der Waals surface area contributed by atoms with E-state index in [9.17, 15) is 4.79 Å². The van der Waals surface area contributed by atoms with Gasteiger partial charge >= 0.3 is 0 Å². The molecule has 25 heavy (non-hydrogen) atoms. The molecule has 0 aromatic heterocycles. The van der Waals surface area contributed by atoms with Crippen molar-refractivity contribution < 1.29 is 9.53 Å². The van der Waals surface area contributed by atoms with Crippen molar-refractivity contribution in [1.29, 1.82) is 0 Å². The summed E-state index contributed by atoms with van der Waals surface area (Å²) in [7, 11) is 1.53. The number of amides is 1. The molecule has 126 valence electrons. The van der Waals surface area contributed by atoms with Gasteiger partial charge in [0.2, 0.25) is 0 Å². The minimum absolute atomic E-state index is 0.250. The Morgan fingerprint density at radius 1 is 1.00 bits per heavy atom. The minimum Gasteiger partial charge on any atom is -0.496 e. The highest BCUT2D eigenvalue weighted by atomic mass is 35.5. The molecule has 0 aliphatic rings. The van der Waals surface area contributed by atoms with Crippen LogP contribution < -0.4 is 10.1 Å². The molecule has 0 bridgehead atoms. The van der Waals surface area contributed by atoms with Gasteiger partial charge in [-0.25, -0.2) is 0 Å². The topological polar surface area (TPSA) is 38.3 Å². The number of methoxy groups -OCH3 is 1. The summed E-state index contributed by atoms with van der Waals surface area (Å²) < 4.78 is 5.27. The van der Waals surface area contributed by atoms with Crippen molar-refractivity contribution in [2.45, 2.75) is 6.42 Å². The Kier molecular flexibility index (Phi) is 5.36. The Balaban J connectivity index is 1.86. The first-order chi connectivity index (χ1) is 12.2. The Hall–Kier alpha value is -2.78. The van der Waals surface area contributed by atoms with Crippen LogP contribution in [0.4, 0.5) is 5.69 Å². The van der Waals surface area contributed by atoms with Crippen molar-refractivity contribution in [2.24, 2.45) is 0 Å². The molecule has 0 aliphatic carbocycles. The summed E-state index contributed by atoms with van der Waals surface area (Å²) in [6, 6.07) is 22.9. The predicted molar refractivity (Wildman–Crippen MR) is 102 cm³/mol. The van der Waals surface area contributed by atoms with Gasteiger partial charge in [-0.3, -0.25) is 4.79 Å². The fraction of sp³-hybridized carbons (Fsp3) is 0.0952. The molecule has 1 N–H and O–H groups in total. The first-order valence-corrected chi connectivity index (χ1v) is 8.32. The fourth-order valence-electron chi connectivity index (χ4n) is 2.66. The monoisotopic (exact) mass is 351 g/mol. The van der Waals surface area contributed by atoms with Gasteiger partial charge in [0.05, 0.1) is 12.7 Å². The molecule has 1 amide bonds. The van der Waals surface area contributed by atoms with E-state index in [0.29, 0.717) is 16.3 Å². The maximum Gasteiger partial charge on any atom is 0.259 e. The average Bonchev–Trinajstić information content (AvgIpc) is 2.64. The second-order valence-corrected chi connectivity index (χ2v) is 6.05. The molecule has 0 heterocycles. The SMILES string of the molecule is COc1ccc(Cl)cc1C(=O)Nc1ccccc1Cc1ccccc1. The molecule has 0 saturated heterocycles. The second-order valence-electron chi connectivity index (χ2n) is 5.62. The lowest BCUT2D eigenvalue weighted by Crippen LogP contribution is -2.14. The van der Waals surface area contributed by atoms with Crippen LogP contribution in [0.1, 0.15) is 21.5 Å². The number of halogens is 1. The van der Waals surface area contributed by atoms with Gasteiger partial charge in [-0.1, -0.05) is 60.1 Å². The number of benzene rings is 3. The van der Waals surface area contributed by atoms with Gasteiger partial charge in [-0.15, -0.1) is 0 Å². The number of para-hydroxylation sites is 1. The molecule has 0 atom stereocenters. The molecule has 0 saturated carbocycles. The summed E-state index contributed by atoms with van der Waals surface area (Å²) in [6.45, 7) is 0. The quantitative estimate of drug-likeness (QED) is 0.686. The van der Waals surface area contributed by atoms with E-state index in [0.717, 1.165) is 17.7 Å². The molecule has 3 aromatic rings.